The highest BCUT2D eigenvalue weighted by atomic mass is 14.6. The highest BCUT2D eigenvalue weighted by Gasteiger charge is 1.89. The lowest BCUT2D eigenvalue weighted by molar-refractivity contribution is 0.698. The summed E-state index contributed by atoms with van der Waals surface area (Å²) in [5.41, 5.74) is 2.48. The second kappa shape index (κ2) is 9.83. The van der Waals surface area contributed by atoms with Crippen molar-refractivity contribution in [1.29, 1.82) is 0 Å². The van der Waals surface area contributed by atoms with Gasteiger partial charge in [0.05, 0.1) is 0 Å². The highest BCUT2D eigenvalue weighted by molar-refractivity contribution is 5.72. The number of rotatable bonds is 6. The molecule has 0 rings (SSSR count). The van der Waals surface area contributed by atoms with Gasteiger partial charge in [-0.25, -0.2) is 0 Å². The molecule has 0 aromatic carbocycles. The summed E-state index contributed by atoms with van der Waals surface area (Å²) in [6.07, 6.45) is 15.7. The summed E-state index contributed by atoms with van der Waals surface area (Å²) in [4.78, 5) is 3.92. The van der Waals surface area contributed by atoms with Gasteiger partial charge in [0, 0.05) is 13.3 Å². The largest absolute Gasteiger partial charge is 1.00 e. The van der Waals surface area contributed by atoms with E-state index < -0.39 is 0 Å². The Morgan fingerprint density at radius 1 is 1.18 bits per heavy atom. The molecule has 1 heteroatoms. The number of aliphatic imine (C=N–C) groups is 1. The average molecular weight is 232 g/mol. The van der Waals surface area contributed by atoms with E-state index in [0.717, 1.165) is 0 Å². The molecule has 0 saturated heterocycles. The maximum absolute atomic E-state index is 3.92. The van der Waals surface area contributed by atoms with E-state index in [1.54, 1.807) is 13.3 Å². The van der Waals surface area contributed by atoms with Crippen molar-refractivity contribution in [2.75, 3.05) is 7.05 Å². The lowest BCUT2D eigenvalue weighted by atomic mass is 10.1. The van der Waals surface area contributed by atoms with Crippen LogP contribution in [0.2, 0.25) is 0 Å². The molecule has 0 aliphatic rings. The van der Waals surface area contributed by atoms with Gasteiger partial charge in [0.15, 0.2) is 0 Å². The molecule has 0 aromatic heterocycles. The predicted octanol–water partition coefficient (Wildman–Crippen LogP) is 4.85. The van der Waals surface area contributed by atoms with E-state index in [2.05, 4.69) is 63.1 Å². The van der Waals surface area contributed by atoms with Crippen LogP contribution in [0.15, 0.2) is 52.6 Å². The van der Waals surface area contributed by atoms with Gasteiger partial charge in [-0.15, -0.1) is 0 Å². The van der Waals surface area contributed by atoms with Gasteiger partial charge in [0.2, 0.25) is 0 Å². The topological polar surface area (TPSA) is 12.4 Å². The van der Waals surface area contributed by atoms with Crippen molar-refractivity contribution in [2.24, 2.45) is 10.9 Å². The van der Waals surface area contributed by atoms with Crippen LogP contribution < -0.4 is 0 Å². The zero-order chi connectivity index (χ0) is 13.1. The van der Waals surface area contributed by atoms with Crippen molar-refractivity contribution in [3.8, 4) is 0 Å². The van der Waals surface area contributed by atoms with Gasteiger partial charge in [-0.2, -0.15) is 0 Å². The zero-order valence-electron chi connectivity index (χ0n) is 12.8. The monoisotopic (exact) mass is 232 g/mol. The molecule has 0 aliphatic carbocycles. The van der Waals surface area contributed by atoms with Crippen LogP contribution in [0.4, 0.5) is 0 Å². The van der Waals surface area contributed by atoms with Crippen molar-refractivity contribution in [2.45, 2.75) is 34.1 Å². The maximum Gasteiger partial charge on any atom is 1.00 e. The van der Waals surface area contributed by atoms with Crippen LogP contribution in [0.3, 0.4) is 0 Å². The van der Waals surface area contributed by atoms with Gasteiger partial charge in [-0.3, -0.25) is 4.99 Å². The molecule has 0 spiro atoms. The third-order valence-corrected chi connectivity index (χ3v) is 2.54. The van der Waals surface area contributed by atoms with Crippen molar-refractivity contribution >= 4 is 6.21 Å². The molecule has 1 nitrogen and oxygen atoms in total. The summed E-state index contributed by atoms with van der Waals surface area (Å²) in [6.45, 7) is 8.63. The Kier molecular flexibility index (Phi) is 9.04. The predicted molar refractivity (Wildman–Crippen MR) is 80.8 cm³/mol. The summed E-state index contributed by atoms with van der Waals surface area (Å²) >= 11 is 0. The molecule has 0 fully saturated rings. The standard InChI is InChI=1S/C16H25N/c1-6-14(2)10-11-15(3)8-7-9-16(4)12-13-17-5/h7-14H,6H2,1-5H3/p+1/b9-7+,11-10+,15-8+,16-12+,17-13?. The van der Waals surface area contributed by atoms with Crippen LogP contribution in [-0.4, -0.2) is 13.3 Å². The smallest absolute Gasteiger partial charge is 0.297 e. The van der Waals surface area contributed by atoms with Gasteiger partial charge in [-0.05, 0) is 31.4 Å². The van der Waals surface area contributed by atoms with Gasteiger partial charge < -0.3 is 0 Å². The molecular weight excluding hydrogens is 206 g/mol. The summed E-state index contributed by atoms with van der Waals surface area (Å²) < 4.78 is 0. The number of hydrogen-bond acceptors (Lipinski definition) is 1. The summed E-state index contributed by atoms with van der Waals surface area (Å²) in [7, 11) is 1.78. The van der Waals surface area contributed by atoms with Gasteiger partial charge >= 0.3 is 1.43 Å². The minimum absolute atomic E-state index is 0. The second-order valence-corrected chi connectivity index (χ2v) is 4.33. The molecule has 17 heavy (non-hydrogen) atoms. The molecule has 1 unspecified atom stereocenters. The molecule has 1 atom stereocenters. The average Bonchev–Trinajstić information content (AvgIpc) is 2.33. The van der Waals surface area contributed by atoms with Crippen molar-refractivity contribution < 1.29 is 1.43 Å². The third-order valence-electron chi connectivity index (χ3n) is 2.54. The molecule has 0 aromatic rings. The first-order valence-corrected chi connectivity index (χ1v) is 6.22. The molecule has 0 aliphatic heterocycles. The molecule has 0 saturated carbocycles. The zero-order valence-corrected chi connectivity index (χ0v) is 11.8. The fourth-order valence-electron chi connectivity index (χ4n) is 1.11. The SMILES string of the molecule is CCC(C)/C=C/C(C)=C/C=C/C(C)=C/C=NC.[H+]. The van der Waals surface area contributed by atoms with Crippen LogP contribution in [-0.2, 0) is 0 Å². The van der Waals surface area contributed by atoms with Gasteiger partial charge in [0.25, 0.3) is 0 Å². The van der Waals surface area contributed by atoms with Crippen LogP contribution in [0, 0.1) is 5.92 Å². The van der Waals surface area contributed by atoms with Gasteiger partial charge in [-0.1, -0.05) is 56.2 Å². The minimum atomic E-state index is 0. The Labute approximate surface area is 108 Å². The quantitative estimate of drug-likeness (QED) is 0.458. The number of nitrogens with zero attached hydrogens (tertiary/aromatic N) is 1. The van der Waals surface area contributed by atoms with E-state index in [1.165, 1.54) is 17.6 Å². The van der Waals surface area contributed by atoms with Crippen LogP contribution in [0.1, 0.15) is 35.5 Å². The third kappa shape index (κ3) is 9.55. The number of hydrogen-bond donors (Lipinski definition) is 0. The lowest BCUT2D eigenvalue weighted by Gasteiger charge is -1.98. The Hall–Kier alpha value is -1.37. The first kappa shape index (κ1) is 15.6. The Balaban J connectivity index is 0. The molecule has 0 N–H and O–H groups in total. The van der Waals surface area contributed by atoms with E-state index >= 15 is 0 Å². The summed E-state index contributed by atoms with van der Waals surface area (Å²) in [5, 5.41) is 0. The minimum Gasteiger partial charge on any atom is -0.297 e. The first-order chi connectivity index (χ1) is 8.10. The van der Waals surface area contributed by atoms with Crippen LogP contribution in [0.25, 0.3) is 0 Å². The summed E-state index contributed by atoms with van der Waals surface area (Å²) in [6, 6.07) is 0. The van der Waals surface area contributed by atoms with Crippen LogP contribution in [0.5, 0.6) is 0 Å². The van der Waals surface area contributed by atoms with Crippen molar-refractivity contribution in [3.63, 3.8) is 0 Å². The first-order valence-electron chi connectivity index (χ1n) is 6.22. The normalized spacial score (nSPS) is 16.5. The maximum atomic E-state index is 3.92. The highest BCUT2D eigenvalue weighted by Crippen LogP contribution is 2.05. The van der Waals surface area contributed by atoms with E-state index in [9.17, 15) is 0 Å². The van der Waals surface area contributed by atoms with Crippen molar-refractivity contribution in [1.82, 2.24) is 0 Å². The summed E-state index contributed by atoms with van der Waals surface area (Å²) in [5.74, 6) is 0.657. The molecule has 94 valence electrons. The molecule has 0 amide bonds. The lowest BCUT2D eigenvalue weighted by Crippen LogP contribution is -1.83. The Morgan fingerprint density at radius 2 is 1.82 bits per heavy atom. The van der Waals surface area contributed by atoms with E-state index in [1.807, 2.05) is 6.08 Å². The molecule has 0 heterocycles. The van der Waals surface area contributed by atoms with E-state index in [4.69, 9.17) is 0 Å². The van der Waals surface area contributed by atoms with Crippen molar-refractivity contribution in [3.05, 3.63) is 47.6 Å². The van der Waals surface area contributed by atoms with Gasteiger partial charge in [0.1, 0.15) is 0 Å². The molecular formula is C16H26N+. The fraction of sp³-hybridized carbons (Fsp3) is 0.438. The second-order valence-electron chi connectivity index (χ2n) is 4.33. The molecule has 0 bridgehead atoms. The molecule has 0 radical (unpaired) electrons. The fourth-order valence-corrected chi connectivity index (χ4v) is 1.11. The van der Waals surface area contributed by atoms with E-state index in [-0.39, 0.29) is 1.43 Å². The number of allylic oxidation sites excluding steroid dienone is 8. The Morgan fingerprint density at radius 3 is 2.41 bits per heavy atom. The Bertz CT molecular complexity index is 346. The van der Waals surface area contributed by atoms with Crippen LogP contribution >= 0.6 is 0 Å². The van der Waals surface area contributed by atoms with E-state index in [0.29, 0.717) is 5.92 Å².